The molecule has 0 aliphatic rings. The van der Waals surface area contributed by atoms with Crippen molar-refractivity contribution in [2.75, 3.05) is 20.6 Å². The summed E-state index contributed by atoms with van der Waals surface area (Å²) in [5.41, 5.74) is 4.37. The van der Waals surface area contributed by atoms with Crippen molar-refractivity contribution in [1.29, 1.82) is 0 Å². The van der Waals surface area contributed by atoms with E-state index in [0.717, 1.165) is 19.4 Å². The normalized spacial score (nSPS) is 12.8. The van der Waals surface area contributed by atoms with E-state index < -0.39 is 0 Å². The summed E-state index contributed by atoms with van der Waals surface area (Å²) in [6, 6.07) is 17.9. The van der Waals surface area contributed by atoms with E-state index in [1.165, 1.54) is 34.0 Å². The second-order valence-electron chi connectivity index (χ2n) is 7.88. The summed E-state index contributed by atoms with van der Waals surface area (Å²) in [4.78, 5) is 2.29. The second-order valence-corrected chi connectivity index (χ2v) is 8.73. The first-order chi connectivity index (χ1) is 11.9. The Kier molecular flexibility index (Phi) is 8.18. The summed E-state index contributed by atoms with van der Waals surface area (Å²) < 4.78 is 1.23. The molecule has 1 unspecified atom stereocenters. The van der Waals surface area contributed by atoms with Crippen molar-refractivity contribution >= 4 is 15.9 Å². The van der Waals surface area contributed by atoms with E-state index in [0.29, 0.717) is 11.8 Å². The highest BCUT2D eigenvalue weighted by Crippen LogP contribution is 2.24. The topological polar surface area (TPSA) is 3.24 Å². The van der Waals surface area contributed by atoms with Gasteiger partial charge < -0.3 is 4.90 Å². The largest absolute Gasteiger partial charge is 0.309 e. The Morgan fingerprint density at radius 3 is 2.20 bits per heavy atom. The van der Waals surface area contributed by atoms with Crippen LogP contribution in [0.5, 0.6) is 0 Å². The Balaban J connectivity index is 2.11. The molecule has 0 aliphatic carbocycles. The lowest BCUT2D eigenvalue weighted by atomic mass is 9.89. The predicted octanol–water partition coefficient (Wildman–Crippen LogP) is 6.00. The lowest BCUT2D eigenvalue weighted by molar-refractivity contribution is 0.346. The molecule has 25 heavy (non-hydrogen) atoms. The number of benzene rings is 2. The lowest BCUT2D eigenvalue weighted by Crippen LogP contribution is -2.19. The molecule has 0 saturated heterocycles. The minimum absolute atomic E-state index is 0.662. The van der Waals surface area contributed by atoms with Gasteiger partial charge in [0, 0.05) is 4.47 Å². The van der Waals surface area contributed by atoms with Crippen LogP contribution in [0.2, 0.25) is 0 Å². The first kappa shape index (κ1) is 20.2. The predicted molar refractivity (Wildman–Crippen MR) is 113 cm³/mol. The van der Waals surface area contributed by atoms with Gasteiger partial charge in [-0.1, -0.05) is 72.2 Å². The van der Waals surface area contributed by atoms with Gasteiger partial charge in [-0.2, -0.15) is 0 Å². The van der Waals surface area contributed by atoms with Gasteiger partial charge in [0.15, 0.2) is 0 Å². The molecular weight excluding hydrogens is 370 g/mol. The summed E-state index contributed by atoms with van der Waals surface area (Å²) >= 11 is 3.72. The van der Waals surface area contributed by atoms with Crippen molar-refractivity contribution in [3.05, 3.63) is 69.7 Å². The van der Waals surface area contributed by atoms with Crippen LogP contribution < -0.4 is 0 Å². The maximum Gasteiger partial charge on any atom is 0.0207 e. The fourth-order valence-electron chi connectivity index (χ4n) is 3.38. The highest BCUT2D eigenvalue weighted by atomic mass is 79.9. The average Bonchev–Trinajstić information content (AvgIpc) is 2.54. The van der Waals surface area contributed by atoms with Gasteiger partial charge in [-0.25, -0.2) is 0 Å². The first-order valence-corrected chi connectivity index (χ1v) is 10.2. The van der Waals surface area contributed by atoms with Crippen LogP contribution in [0, 0.1) is 11.8 Å². The summed E-state index contributed by atoms with van der Waals surface area (Å²) in [6.45, 7) is 5.72. The highest BCUT2D eigenvalue weighted by Gasteiger charge is 2.13. The van der Waals surface area contributed by atoms with Crippen molar-refractivity contribution in [3.8, 4) is 0 Å². The molecule has 0 amide bonds. The standard InChI is InChI=1S/C23H32BrN/c1-18(2)14-19-8-7-9-20(15-19)16-21(12-13-25(3)4)17-22-10-5-6-11-23(22)24/h5-11,15,18,21H,12-14,16-17H2,1-4H3. The van der Waals surface area contributed by atoms with Gasteiger partial charge in [-0.3, -0.25) is 0 Å². The molecule has 0 fully saturated rings. The molecular formula is C23H32BrN. The third-order valence-corrected chi connectivity index (χ3v) is 5.38. The Hall–Kier alpha value is -1.12. The number of hydrogen-bond donors (Lipinski definition) is 0. The molecule has 0 aromatic heterocycles. The summed E-state index contributed by atoms with van der Waals surface area (Å²) in [6.07, 6.45) is 4.67. The van der Waals surface area contributed by atoms with E-state index >= 15 is 0 Å². The quantitative estimate of drug-likeness (QED) is 0.497. The number of halogens is 1. The van der Waals surface area contributed by atoms with Gasteiger partial charge >= 0.3 is 0 Å². The number of nitrogens with zero attached hydrogens (tertiary/aromatic N) is 1. The van der Waals surface area contributed by atoms with E-state index in [-0.39, 0.29) is 0 Å². The summed E-state index contributed by atoms with van der Waals surface area (Å²) in [5, 5.41) is 0. The molecule has 0 N–H and O–H groups in total. The zero-order valence-corrected chi connectivity index (χ0v) is 17.7. The zero-order chi connectivity index (χ0) is 18.2. The van der Waals surface area contributed by atoms with Crippen LogP contribution in [0.4, 0.5) is 0 Å². The maximum atomic E-state index is 3.72. The van der Waals surface area contributed by atoms with Gasteiger partial charge in [0.25, 0.3) is 0 Å². The van der Waals surface area contributed by atoms with Crippen molar-refractivity contribution in [1.82, 2.24) is 4.90 Å². The van der Waals surface area contributed by atoms with Crippen LogP contribution in [0.1, 0.15) is 37.0 Å². The molecule has 0 heterocycles. The van der Waals surface area contributed by atoms with E-state index in [4.69, 9.17) is 0 Å². The van der Waals surface area contributed by atoms with E-state index in [1.54, 1.807) is 0 Å². The molecule has 0 saturated carbocycles. The molecule has 1 nitrogen and oxygen atoms in total. The van der Waals surface area contributed by atoms with Crippen LogP contribution in [-0.2, 0) is 19.3 Å². The number of rotatable bonds is 9. The third kappa shape index (κ3) is 7.33. The van der Waals surface area contributed by atoms with Crippen molar-refractivity contribution in [2.45, 2.75) is 39.5 Å². The second kappa shape index (κ2) is 10.1. The maximum absolute atomic E-state index is 3.72. The SMILES string of the molecule is CC(C)Cc1cccc(CC(CCN(C)C)Cc2ccccc2Br)c1. The Labute approximate surface area is 162 Å². The molecule has 0 radical (unpaired) electrons. The molecule has 0 spiro atoms. The highest BCUT2D eigenvalue weighted by molar-refractivity contribution is 9.10. The van der Waals surface area contributed by atoms with Crippen LogP contribution >= 0.6 is 15.9 Å². The minimum atomic E-state index is 0.662. The number of hydrogen-bond acceptors (Lipinski definition) is 1. The van der Waals surface area contributed by atoms with E-state index in [9.17, 15) is 0 Å². The van der Waals surface area contributed by atoms with Gasteiger partial charge in [0.2, 0.25) is 0 Å². The molecule has 136 valence electrons. The lowest BCUT2D eigenvalue weighted by Gasteiger charge is -2.21. The van der Waals surface area contributed by atoms with Crippen LogP contribution in [0.3, 0.4) is 0 Å². The van der Waals surface area contributed by atoms with Crippen LogP contribution in [0.15, 0.2) is 53.0 Å². The Morgan fingerprint density at radius 2 is 1.56 bits per heavy atom. The monoisotopic (exact) mass is 401 g/mol. The molecule has 2 rings (SSSR count). The van der Waals surface area contributed by atoms with Gasteiger partial charge in [0.05, 0.1) is 0 Å². The molecule has 2 aromatic rings. The average molecular weight is 402 g/mol. The fraction of sp³-hybridized carbons (Fsp3) is 0.478. The Morgan fingerprint density at radius 1 is 0.880 bits per heavy atom. The first-order valence-electron chi connectivity index (χ1n) is 9.40. The molecule has 0 aliphatic heterocycles. The Bertz CT molecular complexity index is 648. The smallest absolute Gasteiger partial charge is 0.0207 e. The van der Waals surface area contributed by atoms with E-state index in [1.807, 2.05) is 0 Å². The van der Waals surface area contributed by atoms with Crippen LogP contribution in [-0.4, -0.2) is 25.5 Å². The van der Waals surface area contributed by atoms with Crippen molar-refractivity contribution < 1.29 is 0 Å². The summed E-state index contributed by atoms with van der Waals surface area (Å²) in [7, 11) is 4.33. The summed E-state index contributed by atoms with van der Waals surface area (Å²) in [5.74, 6) is 1.37. The molecule has 2 aromatic carbocycles. The molecule has 1 atom stereocenters. The van der Waals surface area contributed by atoms with Gasteiger partial charge in [0.1, 0.15) is 0 Å². The molecule has 0 bridgehead atoms. The zero-order valence-electron chi connectivity index (χ0n) is 16.1. The van der Waals surface area contributed by atoms with E-state index in [2.05, 4.69) is 97.3 Å². The third-order valence-electron chi connectivity index (χ3n) is 4.61. The van der Waals surface area contributed by atoms with Crippen molar-refractivity contribution in [3.63, 3.8) is 0 Å². The van der Waals surface area contributed by atoms with Gasteiger partial charge in [-0.15, -0.1) is 0 Å². The van der Waals surface area contributed by atoms with Crippen molar-refractivity contribution in [2.24, 2.45) is 11.8 Å². The van der Waals surface area contributed by atoms with Crippen LogP contribution in [0.25, 0.3) is 0 Å². The minimum Gasteiger partial charge on any atom is -0.309 e. The fourth-order valence-corrected chi connectivity index (χ4v) is 3.83. The van der Waals surface area contributed by atoms with Gasteiger partial charge in [-0.05, 0) is 80.9 Å². The molecule has 2 heteroatoms.